The number of nitrogens with zero attached hydrogens (tertiary/aromatic N) is 5. The Bertz CT molecular complexity index is 617. The lowest BCUT2D eigenvalue weighted by Crippen LogP contribution is -2.10. The molecule has 1 atom stereocenters. The highest BCUT2D eigenvalue weighted by Crippen LogP contribution is 2.15. The number of hydrogen-bond acceptors (Lipinski definition) is 5. The predicted molar refractivity (Wildman–Crippen MR) is 63.0 cm³/mol. The van der Waals surface area contributed by atoms with Gasteiger partial charge < -0.3 is 5.11 Å². The van der Waals surface area contributed by atoms with E-state index in [9.17, 15) is 14.9 Å². The summed E-state index contributed by atoms with van der Waals surface area (Å²) >= 11 is 0. The van der Waals surface area contributed by atoms with Gasteiger partial charge in [0.2, 0.25) is 0 Å². The number of hydrogen-bond donors (Lipinski definition) is 1. The van der Waals surface area contributed by atoms with Gasteiger partial charge in [-0.3, -0.25) is 19.6 Å². The molecule has 0 amide bonds. The van der Waals surface area contributed by atoms with Gasteiger partial charge >= 0.3 is 11.7 Å². The fourth-order valence-electron chi connectivity index (χ4n) is 1.58. The van der Waals surface area contributed by atoms with Crippen molar-refractivity contribution < 1.29 is 14.8 Å². The first-order valence-corrected chi connectivity index (χ1v) is 5.42. The molecule has 1 N–H and O–H groups in total. The van der Waals surface area contributed by atoms with Gasteiger partial charge in [0, 0.05) is 0 Å². The van der Waals surface area contributed by atoms with E-state index in [-0.39, 0.29) is 18.2 Å². The van der Waals surface area contributed by atoms with E-state index in [4.69, 9.17) is 5.11 Å². The molecule has 9 nitrogen and oxygen atoms in total. The van der Waals surface area contributed by atoms with Crippen LogP contribution in [0.4, 0.5) is 5.69 Å². The van der Waals surface area contributed by atoms with Crippen molar-refractivity contribution >= 4 is 11.7 Å². The molecule has 0 radical (unpaired) electrons. The Kier molecular flexibility index (Phi) is 3.27. The number of aromatic nitrogens is 4. The minimum atomic E-state index is -0.917. The molecule has 2 heterocycles. The standard InChI is InChI=1S/C10H11N5O4/c1-7(2-10(16)17)13-5-8(3-11-13)14-6-9(4-12-14)15(18)19/h3-7H,2H2,1H3,(H,16,17). The van der Waals surface area contributed by atoms with Crippen molar-refractivity contribution in [3.63, 3.8) is 0 Å². The van der Waals surface area contributed by atoms with Gasteiger partial charge in [-0.2, -0.15) is 10.2 Å². The molecule has 0 fully saturated rings. The molecule has 19 heavy (non-hydrogen) atoms. The molecule has 0 spiro atoms. The summed E-state index contributed by atoms with van der Waals surface area (Å²) in [5.41, 5.74) is 0.414. The van der Waals surface area contributed by atoms with Crippen LogP contribution in [0.15, 0.2) is 24.8 Å². The average Bonchev–Trinajstić information content (AvgIpc) is 2.97. The third-order valence-electron chi connectivity index (χ3n) is 2.55. The van der Waals surface area contributed by atoms with Crippen LogP contribution < -0.4 is 0 Å². The number of aliphatic carboxylic acids is 1. The Balaban J connectivity index is 2.20. The largest absolute Gasteiger partial charge is 0.481 e. The van der Waals surface area contributed by atoms with Crippen LogP contribution in [0.25, 0.3) is 5.69 Å². The Morgan fingerprint density at radius 2 is 2.21 bits per heavy atom. The molecule has 2 aromatic rings. The normalized spacial score (nSPS) is 12.3. The molecule has 9 heteroatoms. The summed E-state index contributed by atoms with van der Waals surface area (Å²) in [6.45, 7) is 1.72. The lowest BCUT2D eigenvalue weighted by atomic mass is 10.2. The quantitative estimate of drug-likeness (QED) is 0.637. The Labute approximate surface area is 107 Å². The fourth-order valence-corrected chi connectivity index (χ4v) is 1.58. The van der Waals surface area contributed by atoms with E-state index < -0.39 is 10.9 Å². The van der Waals surface area contributed by atoms with E-state index in [1.165, 1.54) is 21.8 Å². The van der Waals surface area contributed by atoms with Gasteiger partial charge in [0.25, 0.3) is 0 Å². The van der Waals surface area contributed by atoms with Crippen molar-refractivity contribution in [3.8, 4) is 5.69 Å². The van der Waals surface area contributed by atoms with Crippen molar-refractivity contribution in [1.82, 2.24) is 19.6 Å². The summed E-state index contributed by atoms with van der Waals surface area (Å²) in [6.07, 6.45) is 5.40. The highest BCUT2D eigenvalue weighted by molar-refractivity contribution is 5.67. The van der Waals surface area contributed by atoms with Crippen LogP contribution in [0.2, 0.25) is 0 Å². The molecule has 0 saturated heterocycles. The minimum Gasteiger partial charge on any atom is -0.481 e. The van der Waals surface area contributed by atoms with Crippen molar-refractivity contribution in [2.45, 2.75) is 19.4 Å². The molecule has 2 rings (SSSR count). The SMILES string of the molecule is CC(CC(=O)O)n1cc(-n2cc([N+](=O)[O-])cn2)cn1. The lowest BCUT2D eigenvalue weighted by Gasteiger charge is -2.08. The van der Waals surface area contributed by atoms with Gasteiger partial charge in [0.15, 0.2) is 0 Å². The minimum absolute atomic E-state index is 0.0552. The second-order valence-corrected chi connectivity index (χ2v) is 4.03. The summed E-state index contributed by atoms with van der Waals surface area (Å²) in [7, 11) is 0. The van der Waals surface area contributed by atoms with Crippen LogP contribution in [0.3, 0.4) is 0 Å². The topological polar surface area (TPSA) is 116 Å². The molecule has 0 bridgehead atoms. The molecular weight excluding hydrogens is 254 g/mol. The zero-order valence-corrected chi connectivity index (χ0v) is 10.0. The van der Waals surface area contributed by atoms with Gasteiger partial charge in [-0.25, -0.2) is 4.68 Å². The molecule has 2 aromatic heterocycles. The van der Waals surface area contributed by atoms with Gasteiger partial charge in [-0.05, 0) is 6.92 Å². The second-order valence-electron chi connectivity index (χ2n) is 4.03. The average molecular weight is 265 g/mol. The smallest absolute Gasteiger partial charge is 0.307 e. The molecular formula is C10H11N5O4. The summed E-state index contributed by atoms with van der Waals surface area (Å²) < 4.78 is 2.80. The maximum absolute atomic E-state index is 10.6. The third-order valence-corrected chi connectivity index (χ3v) is 2.55. The highest BCUT2D eigenvalue weighted by atomic mass is 16.6. The molecule has 1 unspecified atom stereocenters. The van der Waals surface area contributed by atoms with Crippen LogP contribution in [0.5, 0.6) is 0 Å². The molecule has 0 aliphatic heterocycles. The molecule has 0 aromatic carbocycles. The Morgan fingerprint density at radius 3 is 2.79 bits per heavy atom. The zero-order chi connectivity index (χ0) is 14.0. The van der Waals surface area contributed by atoms with E-state index in [0.29, 0.717) is 5.69 Å². The first-order valence-electron chi connectivity index (χ1n) is 5.42. The van der Waals surface area contributed by atoms with Gasteiger partial charge in [0.05, 0.1) is 29.8 Å². The van der Waals surface area contributed by atoms with Gasteiger partial charge in [-0.15, -0.1) is 0 Å². The van der Waals surface area contributed by atoms with E-state index >= 15 is 0 Å². The lowest BCUT2D eigenvalue weighted by molar-refractivity contribution is -0.384. The van der Waals surface area contributed by atoms with E-state index in [0.717, 1.165) is 6.20 Å². The fraction of sp³-hybridized carbons (Fsp3) is 0.300. The van der Waals surface area contributed by atoms with Crippen LogP contribution in [0.1, 0.15) is 19.4 Å². The summed E-state index contributed by atoms with van der Waals surface area (Å²) in [5.74, 6) is -0.917. The zero-order valence-electron chi connectivity index (χ0n) is 10.0. The number of nitro groups is 1. The number of carboxylic acid groups (broad SMARTS) is 1. The second kappa shape index (κ2) is 4.88. The predicted octanol–water partition coefficient (Wildman–Crippen LogP) is 1.01. The van der Waals surface area contributed by atoms with E-state index in [1.54, 1.807) is 13.1 Å². The molecule has 0 aliphatic rings. The van der Waals surface area contributed by atoms with Crippen LogP contribution >= 0.6 is 0 Å². The monoisotopic (exact) mass is 265 g/mol. The summed E-state index contributed by atoms with van der Waals surface area (Å²) in [6, 6.07) is -0.309. The van der Waals surface area contributed by atoms with Crippen LogP contribution in [0, 0.1) is 10.1 Å². The summed E-state index contributed by atoms with van der Waals surface area (Å²) in [4.78, 5) is 20.6. The first kappa shape index (κ1) is 12.7. The molecule has 0 aliphatic carbocycles. The first-order chi connectivity index (χ1) is 8.97. The van der Waals surface area contributed by atoms with Crippen LogP contribution in [-0.4, -0.2) is 35.6 Å². The van der Waals surface area contributed by atoms with Crippen molar-refractivity contribution in [1.29, 1.82) is 0 Å². The number of carbonyl (C=O) groups is 1. The Morgan fingerprint density at radius 1 is 1.47 bits per heavy atom. The third kappa shape index (κ3) is 2.76. The van der Waals surface area contributed by atoms with Crippen molar-refractivity contribution in [3.05, 3.63) is 34.9 Å². The van der Waals surface area contributed by atoms with Gasteiger partial charge in [-0.1, -0.05) is 0 Å². The highest BCUT2D eigenvalue weighted by Gasteiger charge is 2.14. The van der Waals surface area contributed by atoms with Gasteiger partial charge in [0.1, 0.15) is 18.1 Å². The van der Waals surface area contributed by atoms with Crippen LogP contribution in [-0.2, 0) is 4.79 Å². The molecule has 100 valence electrons. The Hall–Kier alpha value is -2.71. The number of rotatable bonds is 5. The summed E-state index contributed by atoms with van der Waals surface area (Å²) in [5, 5.41) is 27.1. The maximum Gasteiger partial charge on any atom is 0.307 e. The maximum atomic E-state index is 10.6. The van der Waals surface area contributed by atoms with Crippen molar-refractivity contribution in [2.24, 2.45) is 0 Å². The van der Waals surface area contributed by atoms with Crippen molar-refractivity contribution in [2.75, 3.05) is 0 Å². The number of carboxylic acids is 1. The van der Waals surface area contributed by atoms with E-state index in [1.807, 2.05) is 0 Å². The van der Waals surface area contributed by atoms with E-state index in [2.05, 4.69) is 10.2 Å². The molecule has 0 saturated carbocycles.